The number of rotatable bonds is 10. The molecule has 1 fully saturated rings. The summed E-state index contributed by atoms with van der Waals surface area (Å²) < 4.78 is 19.9. The van der Waals surface area contributed by atoms with E-state index in [1.165, 1.54) is 25.7 Å². The Morgan fingerprint density at radius 2 is 2.04 bits per heavy atom. The minimum Gasteiger partial charge on any atom is -0.378 e. The molecule has 1 unspecified atom stereocenters. The molecule has 0 radical (unpaired) electrons. The van der Waals surface area contributed by atoms with Crippen molar-refractivity contribution in [1.29, 1.82) is 0 Å². The van der Waals surface area contributed by atoms with Crippen LogP contribution in [0.1, 0.15) is 50.2 Å². The SMILES string of the molecule is CCOC(CCNC(=NC)NCc1ccc(F)c(CN(C)C)c1)C1CCCC1. The van der Waals surface area contributed by atoms with Gasteiger partial charge in [-0.3, -0.25) is 4.99 Å². The molecule has 0 aromatic heterocycles. The zero-order valence-electron chi connectivity index (χ0n) is 17.9. The predicted molar refractivity (Wildman–Crippen MR) is 114 cm³/mol. The third-order valence-corrected chi connectivity index (χ3v) is 5.31. The van der Waals surface area contributed by atoms with Gasteiger partial charge in [0.05, 0.1) is 6.10 Å². The minimum absolute atomic E-state index is 0.158. The van der Waals surface area contributed by atoms with Gasteiger partial charge >= 0.3 is 0 Å². The topological polar surface area (TPSA) is 48.9 Å². The Bertz CT molecular complexity index is 615. The molecular weight excluding hydrogens is 355 g/mol. The summed E-state index contributed by atoms with van der Waals surface area (Å²) >= 11 is 0. The van der Waals surface area contributed by atoms with Crippen molar-refractivity contribution in [2.75, 3.05) is 34.3 Å². The fourth-order valence-electron chi connectivity index (χ4n) is 3.94. The van der Waals surface area contributed by atoms with Gasteiger partial charge in [0, 0.05) is 38.9 Å². The van der Waals surface area contributed by atoms with E-state index in [0.29, 0.717) is 30.7 Å². The molecule has 0 amide bonds. The maximum Gasteiger partial charge on any atom is 0.191 e. The quantitative estimate of drug-likeness (QED) is 0.472. The third-order valence-electron chi connectivity index (χ3n) is 5.31. The second-order valence-electron chi connectivity index (χ2n) is 7.84. The lowest BCUT2D eigenvalue weighted by atomic mass is 9.98. The summed E-state index contributed by atoms with van der Waals surface area (Å²) in [5.74, 6) is 1.31. The van der Waals surface area contributed by atoms with Crippen LogP contribution in [0.3, 0.4) is 0 Å². The number of hydrogen-bond acceptors (Lipinski definition) is 3. The Hall–Kier alpha value is -1.66. The Balaban J connectivity index is 1.80. The summed E-state index contributed by atoms with van der Waals surface area (Å²) in [5.41, 5.74) is 1.75. The summed E-state index contributed by atoms with van der Waals surface area (Å²) in [6, 6.07) is 5.28. The molecule has 5 nitrogen and oxygen atoms in total. The number of halogens is 1. The molecule has 1 aromatic carbocycles. The zero-order chi connectivity index (χ0) is 20.4. The highest BCUT2D eigenvalue weighted by atomic mass is 19.1. The van der Waals surface area contributed by atoms with Crippen molar-refractivity contribution < 1.29 is 9.13 Å². The highest BCUT2D eigenvalue weighted by Gasteiger charge is 2.25. The summed E-state index contributed by atoms with van der Waals surface area (Å²) in [4.78, 5) is 6.27. The largest absolute Gasteiger partial charge is 0.378 e. The van der Waals surface area contributed by atoms with E-state index in [1.54, 1.807) is 13.1 Å². The van der Waals surface area contributed by atoms with Crippen LogP contribution in [0.25, 0.3) is 0 Å². The molecular formula is C22H37FN4O. The van der Waals surface area contributed by atoms with Crippen molar-refractivity contribution in [2.24, 2.45) is 10.9 Å². The first kappa shape index (κ1) is 22.6. The van der Waals surface area contributed by atoms with Gasteiger partial charge in [-0.05, 0) is 63.9 Å². The number of nitrogens with zero attached hydrogens (tertiary/aromatic N) is 2. The number of hydrogen-bond donors (Lipinski definition) is 2. The summed E-state index contributed by atoms with van der Waals surface area (Å²) in [7, 11) is 5.66. The highest BCUT2D eigenvalue weighted by Crippen LogP contribution is 2.30. The van der Waals surface area contributed by atoms with E-state index in [0.717, 1.165) is 31.1 Å². The van der Waals surface area contributed by atoms with Crippen molar-refractivity contribution in [2.45, 2.75) is 58.2 Å². The molecule has 2 N–H and O–H groups in total. The Morgan fingerprint density at radius 1 is 1.29 bits per heavy atom. The summed E-state index contributed by atoms with van der Waals surface area (Å²) in [5, 5.41) is 6.71. The van der Waals surface area contributed by atoms with E-state index >= 15 is 0 Å². The lowest BCUT2D eigenvalue weighted by Crippen LogP contribution is -2.39. The normalized spacial score (nSPS) is 16.6. The first-order valence-electron chi connectivity index (χ1n) is 10.5. The van der Waals surface area contributed by atoms with Crippen molar-refractivity contribution in [3.05, 3.63) is 35.1 Å². The van der Waals surface area contributed by atoms with Gasteiger partial charge in [-0.25, -0.2) is 4.39 Å². The third kappa shape index (κ3) is 7.40. The van der Waals surface area contributed by atoms with E-state index < -0.39 is 0 Å². The number of aliphatic imine (C=N–C) groups is 1. The molecule has 1 saturated carbocycles. The van der Waals surface area contributed by atoms with E-state index in [9.17, 15) is 4.39 Å². The number of benzene rings is 1. The summed E-state index contributed by atoms with van der Waals surface area (Å²) in [6.07, 6.45) is 6.57. The van der Waals surface area contributed by atoms with Crippen LogP contribution >= 0.6 is 0 Å². The van der Waals surface area contributed by atoms with Gasteiger partial charge in [-0.15, -0.1) is 0 Å². The lowest BCUT2D eigenvalue weighted by Gasteiger charge is -2.24. The lowest BCUT2D eigenvalue weighted by molar-refractivity contribution is 0.0169. The van der Waals surface area contributed by atoms with Crippen LogP contribution in [0.4, 0.5) is 4.39 Å². The molecule has 6 heteroatoms. The molecule has 0 aliphatic heterocycles. The van der Waals surface area contributed by atoms with Crippen LogP contribution in [0.2, 0.25) is 0 Å². The van der Waals surface area contributed by atoms with Gasteiger partial charge in [0.15, 0.2) is 5.96 Å². The van der Waals surface area contributed by atoms with E-state index in [-0.39, 0.29) is 5.82 Å². The van der Waals surface area contributed by atoms with E-state index in [4.69, 9.17) is 4.74 Å². The van der Waals surface area contributed by atoms with Gasteiger partial charge in [0.1, 0.15) is 5.82 Å². The fraction of sp³-hybridized carbons (Fsp3) is 0.682. The molecule has 1 aromatic rings. The van der Waals surface area contributed by atoms with Crippen LogP contribution in [0.15, 0.2) is 23.2 Å². The molecule has 28 heavy (non-hydrogen) atoms. The molecule has 0 bridgehead atoms. The van der Waals surface area contributed by atoms with Crippen molar-refractivity contribution >= 4 is 5.96 Å². The van der Waals surface area contributed by atoms with Gasteiger partial charge in [-0.2, -0.15) is 0 Å². The molecule has 0 spiro atoms. The average Bonchev–Trinajstić information content (AvgIpc) is 3.20. The maximum atomic E-state index is 13.9. The Kier molecular flexibility index (Phi) is 9.71. The number of guanidine groups is 1. The average molecular weight is 393 g/mol. The first-order chi connectivity index (χ1) is 13.5. The number of nitrogens with one attached hydrogen (secondary N) is 2. The highest BCUT2D eigenvalue weighted by molar-refractivity contribution is 5.79. The van der Waals surface area contributed by atoms with E-state index in [1.807, 2.05) is 31.1 Å². The second-order valence-corrected chi connectivity index (χ2v) is 7.84. The van der Waals surface area contributed by atoms with Crippen LogP contribution in [0.5, 0.6) is 0 Å². The second kappa shape index (κ2) is 12.0. The Labute approximate surface area is 169 Å². The van der Waals surface area contributed by atoms with Crippen molar-refractivity contribution in [3.63, 3.8) is 0 Å². The molecule has 1 aliphatic carbocycles. The molecule has 158 valence electrons. The molecule has 0 heterocycles. The maximum absolute atomic E-state index is 13.9. The predicted octanol–water partition coefficient (Wildman–Crippen LogP) is 3.54. The van der Waals surface area contributed by atoms with Crippen LogP contribution < -0.4 is 10.6 Å². The zero-order valence-corrected chi connectivity index (χ0v) is 17.9. The minimum atomic E-state index is -0.158. The van der Waals surface area contributed by atoms with E-state index in [2.05, 4.69) is 22.5 Å². The Morgan fingerprint density at radius 3 is 2.68 bits per heavy atom. The van der Waals surface area contributed by atoms with Crippen LogP contribution in [-0.4, -0.2) is 51.3 Å². The van der Waals surface area contributed by atoms with Crippen molar-refractivity contribution in [1.82, 2.24) is 15.5 Å². The molecule has 0 saturated heterocycles. The first-order valence-corrected chi connectivity index (χ1v) is 10.5. The molecule has 1 aliphatic rings. The monoisotopic (exact) mass is 392 g/mol. The van der Waals surface area contributed by atoms with Crippen molar-refractivity contribution in [3.8, 4) is 0 Å². The number of ether oxygens (including phenoxy) is 1. The van der Waals surface area contributed by atoms with Gasteiger partial charge in [0.25, 0.3) is 0 Å². The van der Waals surface area contributed by atoms with Crippen LogP contribution in [0, 0.1) is 11.7 Å². The molecule has 2 rings (SSSR count). The smallest absolute Gasteiger partial charge is 0.191 e. The van der Waals surface area contributed by atoms with Crippen LogP contribution in [-0.2, 0) is 17.8 Å². The standard InChI is InChI=1S/C22H37FN4O/c1-5-28-21(18-8-6-7-9-18)12-13-25-22(24-2)26-15-17-10-11-20(23)19(14-17)16-27(3)4/h10-11,14,18,21H,5-9,12-13,15-16H2,1-4H3,(H2,24,25,26). The molecule has 1 atom stereocenters. The summed E-state index contributed by atoms with van der Waals surface area (Å²) in [6.45, 7) is 4.87. The van der Waals surface area contributed by atoms with Gasteiger partial charge in [-0.1, -0.05) is 18.9 Å². The van der Waals surface area contributed by atoms with Gasteiger partial charge < -0.3 is 20.3 Å². The van der Waals surface area contributed by atoms with Gasteiger partial charge in [0.2, 0.25) is 0 Å². The fourth-order valence-corrected chi connectivity index (χ4v) is 3.94.